The first-order valence-electron chi connectivity index (χ1n) is 13.7. The van der Waals surface area contributed by atoms with Gasteiger partial charge in [-0.25, -0.2) is 0 Å². The fourth-order valence-corrected chi connectivity index (χ4v) is 7.38. The van der Waals surface area contributed by atoms with Crippen LogP contribution in [0, 0.1) is 10.1 Å². The molecule has 8 rings (SSSR count). The van der Waals surface area contributed by atoms with Crippen molar-refractivity contribution in [2.45, 2.75) is 19.3 Å². The van der Waals surface area contributed by atoms with E-state index < -0.39 is 0 Å². The summed E-state index contributed by atoms with van der Waals surface area (Å²) >= 11 is 3.39. The Hall–Kier alpha value is -4.54. The molecule has 3 nitrogen and oxygen atoms in total. The molecule has 0 fully saturated rings. The summed E-state index contributed by atoms with van der Waals surface area (Å²) in [5.74, 6) is 0. The van der Waals surface area contributed by atoms with Gasteiger partial charge < -0.3 is 0 Å². The summed E-state index contributed by atoms with van der Waals surface area (Å²) in [6.45, 7) is 4.57. The fraction of sp³-hybridized carbons (Fsp3) is 0.0811. The highest BCUT2D eigenvalue weighted by atomic mass is 79.9. The third kappa shape index (κ3) is 3.37. The maximum Gasteiger partial charge on any atom is 0.278 e. The summed E-state index contributed by atoms with van der Waals surface area (Å²) in [5.41, 5.74) is 6.21. The van der Waals surface area contributed by atoms with Crippen molar-refractivity contribution >= 4 is 64.7 Å². The minimum Gasteiger partial charge on any atom is -0.258 e. The summed E-state index contributed by atoms with van der Waals surface area (Å²) in [6, 6.07) is 38.2. The van der Waals surface area contributed by atoms with Gasteiger partial charge in [0.15, 0.2) is 0 Å². The highest BCUT2D eigenvalue weighted by Crippen LogP contribution is 2.53. The average Bonchev–Trinajstić information content (AvgIpc) is 3.21. The standard InChI is InChI=1S/C37H24BrNO2/c1-37(2)33-16-12-22(24-15-13-23(38)18-35(24)39(40)41)17-30(33)31-19-29-27-10-6-5-9-26(27)28-14-11-21-7-3-4-8-25(21)36(28)32(29)20-34(31)37/h3-20H,1-2H3. The van der Waals surface area contributed by atoms with Crippen LogP contribution >= 0.6 is 15.9 Å². The molecule has 4 heteroatoms. The van der Waals surface area contributed by atoms with Crippen molar-refractivity contribution in [3.63, 3.8) is 0 Å². The van der Waals surface area contributed by atoms with Crippen molar-refractivity contribution in [2.75, 3.05) is 0 Å². The molecule has 41 heavy (non-hydrogen) atoms. The second-order valence-electron chi connectivity index (χ2n) is 11.5. The zero-order valence-corrected chi connectivity index (χ0v) is 24.1. The van der Waals surface area contributed by atoms with Crippen molar-refractivity contribution in [1.29, 1.82) is 0 Å². The van der Waals surface area contributed by atoms with Gasteiger partial charge in [-0.3, -0.25) is 10.1 Å². The molecule has 7 aromatic carbocycles. The van der Waals surface area contributed by atoms with Crippen molar-refractivity contribution in [3.05, 3.63) is 135 Å². The molecule has 0 atom stereocenters. The lowest BCUT2D eigenvalue weighted by molar-refractivity contribution is -0.384. The zero-order valence-electron chi connectivity index (χ0n) is 22.5. The van der Waals surface area contributed by atoms with Gasteiger partial charge in [0.05, 0.1) is 10.5 Å². The Kier molecular flexibility index (Phi) is 5.02. The van der Waals surface area contributed by atoms with Crippen LogP contribution in [0.4, 0.5) is 5.69 Å². The lowest BCUT2D eigenvalue weighted by Crippen LogP contribution is -2.14. The quantitative estimate of drug-likeness (QED) is 0.114. The van der Waals surface area contributed by atoms with E-state index in [1.807, 2.05) is 18.2 Å². The third-order valence-electron chi connectivity index (χ3n) is 8.99. The second kappa shape index (κ2) is 8.48. The van der Waals surface area contributed by atoms with Crippen LogP contribution < -0.4 is 0 Å². The van der Waals surface area contributed by atoms with E-state index in [9.17, 15) is 10.1 Å². The largest absolute Gasteiger partial charge is 0.278 e. The van der Waals surface area contributed by atoms with Crippen molar-refractivity contribution in [1.82, 2.24) is 0 Å². The van der Waals surface area contributed by atoms with Crippen LogP contribution in [0.25, 0.3) is 65.3 Å². The summed E-state index contributed by atoms with van der Waals surface area (Å²) in [4.78, 5) is 11.6. The Labute approximate surface area is 245 Å². The molecule has 0 aromatic heterocycles. The number of benzene rings is 7. The van der Waals surface area contributed by atoms with Gasteiger partial charge in [-0.15, -0.1) is 0 Å². The molecule has 0 bridgehead atoms. The number of nitro groups is 1. The Balaban J connectivity index is 1.48. The average molecular weight is 595 g/mol. The van der Waals surface area contributed by atoms with E-state index in [4.69, 9.17) is 0 Å². The Morgan fingerprint density at radius 3 is 2.10 bits per heavy atom. The lowest BCUT2D eigenvalue weighted by Gasteiger charge is -2.22. The first-order valence-corrected chi connectivity index (χ1v) is 14.5. The summed E-state index contributed by atoms with van der Waals surface area (Å²) in [6.07, 6.45) is 0. The maximum absolute atomic E-state index is 11.9. The van der Waals surface area contributed by atoms with Gasteiger partial charge in [-0.05, 0) is 101 Å². The van der Waals surface area contributed by atoms with Crippen LogP contribution in [-0.4, -0.2) is 4.92 Å². The molecule has 0 radical (unpaired) electrons. The molecule has 0 heterocycles. The lowest BCUT2D eigenvalue weighted by atomic mass is 9.80. The molecular weight excluding hydrogens is 570 g/mol. The maximum atomic E-state index is 11.9. The van der Waals surface area contributed by atoms with E-state index >= 15 is 0 Å². The predicted octanol–water partition coefficient (Wildman–Crippen LogP) is 10.9. The molecule has 0 aliphatic heterocycles. The van der Waals surface area contributed by atoms with Gasteiger partial charge in [0.2, 0.25) is 0 Å². The van der Waals surface area contributed by atoms with E-state index in [-0.39, 0.29) is 16.0 Å². The minimum absolute atomic E-state index is 0.0969. The molecule has 1 aliphatic rings. The van der Waals surface area contributed by atoms with Gasteiger partial charge in [0, 0.05) is 16.0 Å². The number of rotatable bonds is 2. The van der Waals surface area contributed by atoms with E-state index in [1.54, 1.807) is 6.07 Å². The second-order valence-corrected chi connectivity index (χ2v) is 12.4. The highest BCUT2D eigenvalue weighted by Gasteiger charge is 2.36. The smallest absolute Gasteiger partial charge is 0.258 e. The van der Waals surface area contributed by atoms with Gasteiger partial charge in [0.1, 0.15) is 0 Å². The molecule has 0 unspecified atom stereocenters. The van der Waals surface area contributed by atoms with Crippen LogP contribution in [0.3, 0.4) is 0 Å². The van der Waals surface area contributed by atoms with Gasteiger partial charge in [-0.1, -0.05) is 103 Å². The summed E-state index contributed by atoms with van der Waals surface area (Å²) < 4.78 is 0.693. The zero-order chi connectivity index (χ0) is 28.0. The highest BCUT2D eigenvalue weighted by molar-refractivity contribution is 9.10. The summed E-state index contributed by atoms with van der Waals surface area (Å²) in [7, 11) is 0. The number of hydrogen-bond acceptors (Lipinski definition) is 2. The van der Waals surface area contributed by atoms with Gasteiger partial charge >= 0.3 is 0 Å². The molecule has 196 valence electrons. The molecular formula is C37H24BrNO2. The van der Waals surface area contributed by atoms with Gasteiger partial charge in [-0.2, -0.15) is 0 Å². The monoisotopic (exact) mass is 593 g/mol. The Bertz CT molecular complexity index is 2280. The van der Waals surface area contributed by atoms with Crippen LogP contribution in [-0.2, 0) is 5.41 Å². The SMILES string of the molecule is CC1(C)c2ccc(-c3ccc(Br)cc3[N+](=O)[O-])cc2-c2cc3c4ccccc4c4ccc5ccccc5c4c3cc21. The number of fused-ring (bicyclic) bond motifs is 11. The number of halogens is 1. The van der Waals surface area contributed by atoms with Crippen LogP contribution in [0.5, 0.6) is 0 Å². The molecule has 0 saturated carbocycles. The first-order chi connectivity index (χ1) is 19.8. The third-order valence-corrected chi connectivity index (χ3v) is 9.48. The normalized spacial score (nSPS) is 13.6. The molecule has 0 saturated heterocycles. The Morgan fingerprint density at radius 2 is 1.32 bits per heavy atom. The van der Waals surface area contributed by atoms with Crippen molar-refractivity contribution in [2.24, 2.45) is 0 Å². The molecule has 0 amide bonds. The van der Waals surface area contributed by atoms with E-state index in [2.05, 4.69) is 115 Å². The molecule has 0 N–H and O–H groups in total. The molecule has 0 spiro atoms. The number of nitrogens with zero attached hydrogens (tertiary/aromatic N) is 1. The predicted molar refractivity (Wildman–Crippen MR) is 174 cm³/mol. The molecule has 7 aromatic rings. The van der Waals surface area contributed by atoms with E-state index in [1.165, 1.54) is 59.8 Å². The first kappa shape index (κ1) is 24.3. The van der Waals surface area contributed by atoms with Gasteiger partial charge in [0.25, 0.3) is 5.69 Å². The summed E-state index contributed by atoms with van der Waals surface area (Å²) in [5, 5.41) is 22.0. The Morgan fingerprint density at radius 1 is 0.610 bits per heavy atom. The number of hydrogen-bond donors (Lipinski definition) is 0. The topological polar surface area (TPSA) is 43.1 Å². The molecule has 1 aliphatic carbocycles. The van der Waals surface area contributed by atoms with Crippen LogP contribution in [0.2, 0.25) is 0 Å². The minimum atomic E-state index is -0.305. The van der Waals surface area contributed by atoms with Crippen LogP contribution in [0.15, 0.2) is 114 Å². The fourth-order valence-electron chi connectivity index (χ4n) is 7.03. The van der Waals surface area contributed by atoms with Crippen molar-refractivity contribution < 1.29 is 4.92 Å². The number of nitro benzene ring substituents is 1. The van der Waals surface area contributed by atoms with E-state index in [0.717, 1.165) is 11.1 Å². The van der Waals surface area contributed by atoms with E-state index in [0.29, 0.717) is 10.0 Å². The van der Waals surface area contributed by atoms with Crippen molar-refractivity contribution in [3.8, 4) is 22.3 Å². The van der Waals surface area contributed by atoms with Crippen LogP contribution in [0.1, 0.15) is 25.0 Å².